The SMILES string of the molecule is O=C([O-])CC1Nc2c3ccccc3nc(=S)n2C1=O. The Morgan fingerprint density at radius 1 is 1.47 bits per heavy atom. The molecule has 2 heterocycles. The molecule has 1 aromatic heterocycles. The van der Waals surface area contributed by atoms with Crippen LogP contribution in [-0.2, 0) is 4.79 Å². The summed E-state index contributed by atoms with van der Waals surface area (Å²) in [4.78, 5) is 26.9. The quantitative estimate of drug-likeness (QED) is 0.795. The van der Waals surface area contributed by atoms with Crippen molar-refractivity contribution in [2.45, 2.75) is 12.5 Å². The minimum Gasteiger partial charge on any atom is -0.550 e. The summed E-state index contributed by atoms with van der Waals surface area (Å²) in [5.41, 5.74) is 0.660. The average Bonchev–Trinajstić information content (AvgIpc) is 2.67. The lowest BCUT2D eigenvalue weighted by atomic mass is 10.2. The summed E-state index contributed by atoms with van der Waals surface area (Å²) < 4.78 is 1.36. The molecule has 6 nitrogen and oxygen atoms in total. The maximum atomic E-state index is 12.1. The van der Waals surface area contributed by atoms with E-state index in [9.17, 15) is 14.7 Å². The minimum atomic E-state index is -1.29. The molecule has 7 heteroatoms. The highest BCUT2D eigenvalue weighted by atomic mass is 32.1. The number of carbonyl (C=O) groups excluding carboxylic acids is 2. The molecule has 0 radical (unpaired) electrons. The van der Waals surface area contributed by atoms with Crippen molar-refractivity contribution >= 4 is 40.8 Å². The summed E-state index contributed by atoms with van der Waals surface area (Å²) in [6, 6.07) is 6.34. The van der Waals surface area contributed by atoms with Gasteiger partial charge in [-0.05, 0) is 24.4 Å². The fourth-order valence-electron chi connectivity index (χ4n) is 2.17. The third-order valence-corrected chi connectivity index (χ3v) is 3.26. The molecule has 0 amide bonds. The maximum Gasteiger partial charge on any atom is 0.257 e. The fraction of sp³-hybridized carbons (Fsp3) is 0.167. The van der Waals surface area contributed by atoms with Crippen LogP contribution >= 0.6 is 12.2 Å². The standard InChI is InChI=1S/C12H9N3O3S/c16-9(17)5-8-11(18)15-10(13-8)6-3-1-2-4-7(6)14-12(15)19/h1-4,8,13H,5H2,(H,16,17)/p-1. The van der Waals surface area contributed by atoms with Crippen molar-refractivity contribution in [3.8, 4) is 0 Å². The van der Waals surface area contributed by atoms with Crippen LogP contribution in [0, 0.1) is 4.77 Å². The Labute approximate surface area is 112 Å². The Morgan fingerprint density at radius 2 is 2.21 bits per heavy atom. The first-order chi connectivity index (χ1) is 9.08. The largest absolute Gasteiger partial charge is 0.550 e. The van der Waals surface area contributed by atoms with Crippen molar-refractivity contribution < 1.29 is 14.7 Å². The van der Waals surface area contributed by atoms with Gasteiger partial charge in [0.1, 0.15) is 11.9 Å². The summed E-state index contributed by atoms with van der Waals surface area (Å²) in [5.74, 6) is -1.21. The van der Waals surface area contributed by atoms with Gasteiger partial charge in [0.05, 0.1) is 5.52 Å². The van der Waals surface area contributed by atoms with Crippen LogP contribution in [0.3, 0.4) is 0 Å². The first-order valence-electron chi connectivity index (χ1n) is 5.60. The number of nitrogens with zero attached hydrogens (tertiary/aromatic N) is 2. The van der Waals surface area contributed by atoms with E-state index in [1.807, 2.05) is 12.1 Å². The zero-order valence-corrected chi connectivity index (χ0v) is 10.4. The molecular weight excluding hydrogens is 266 g/mol. The van der Waals surface area contributed by atoms with Crippen molar-refractivity contribution in [3.63, 3.8) is 0 Å². The molecule has 0 bridgehead atoms. The number of nitrogens with one attached hydrogen (secondary N) is 1. The molecule has 3 rings (SSSR count). The van der Waals surface area contributed by atoms with E-state index in [-0.39, 0.29) is 4.77 Å². The highest BCUT2D eigenvalue weighted by Crippen LogP contribution is 2.28. The lowest BCUT2D eigenvalue weighted by molar-refractivity contribution is -0.305. The number of carboxylic acids is 1. The van der Waals surface area contributed by atoms with Gasteiger partial charge in [0.2, 0.25) is 4.77 Å². The van der Waals surface area contributed by atoms with Gasteiger partial charge in [0.25, 0.3) is 5.91 Å². The monoisotopic (exact) mass is 274 g/mol. The maximum absolute atomic E-state index is 12.1. The smallest absolute Gasteiger partial charge is 0.257 e. The molecule has 1 N–H and O–H groups in total. The molecule has 1 aliphatic rings. The second-order valence-corrected chi connectivity index (χ2v) is 4.57. The number of para-hydroxylation sites is 1. The molecular formula is C12H8N3O3S-. The van der Waals surface area contributed by atoms with Crippen LogP contribution in [0.1, 0.15) is 11.2 Å². The predicted molar refractivity (Wildman–Crippen MR) is 68.2 cm³/mol. The van der Waals surface area contributed by atoms with E-state index >= 15 is 0 Å². The number of carbonyl (C=O) groups is 2. The summed E-state index contributed by atoms with van der Waals surface area (Å²) in [7, 11) is 0. The van der Waals surface area contributed by atoms with Gasteiger partial charge in [-0.3, -0.25) is 4.79 Å². The number of hydrogen-bond acceptors (Lipinski definition) is 6. The summed E-state index contributed by atoms with van der Waals surface area (Å²) in [6.07, 6.45) is -0.399. The predicted octanol–water partition coefficient (Wildman–Crippen LogP) is 0.340. The van der Waals surface area contributed by atoms with Crippen molar-refractivity contribution in [2.75, 3.05) is 5.32 Å². The summed E-state index contributed by atoms with van der Waals surface area (Å²) in [5, 5.41) is 14.3. The molecule has 0 saturated carbocycles. The first-order valence-corrected chi connectivity index (χ1v) is 6.01. The number of hydrogen-bond donors (Lipinski definition) is 1. The van der Waals surface area contributed by atoms with E-state index in [1.165, 1.54) is 4.57 Å². The number of aromatic nitrogens is 2. The third kappa shape index (κ3) is 1.78. The molecule has 1 aliphatic heterocycles. The number of rotatable bonds is 2. The van der Waals surface area contributed by atoms with Gasteiger partial charge in [-0.25, -0.2) is 9.55 Å². The van der Waals surface area contributed by atoms with Gasteiger partial charge in [-0.15, -0.1) is 0 Å². The molecule has 1 unspecified atom stereocenters. The zero-order valence-electron chi connectivity index (χ0n) is 9.62. The molecule has 96 valence electrons. The highest BCUT2D eigenvalue weighted by Gasteiger charge is 2.31. The average molecular weight is 274 g/mol. The van der Waals surface area contributed by atoms with Crippen molar-refractivity contribution in [1.82, 2.24) is 9.55 Å². The highest BCUT2D eigenvalue weighted by molar-refractivity contribution is 7.71. The van der Waals surface area contributed by atoms with Gasteiger partial charge in [-0.1, -0.05) is 12.1 Å². The molecule has 0 spiro atoms. The van der Waals surface area contributed by atoms with Crippen molar-refractivity contribution in [3.05, 3.63) is 29.0 Å². The lowest BCUT2D eigenvalue weighted by Crippen LogP contribution is -2.34. The van der Waals surface area contributed by atoms with Crippen LogP contribution in [-0.4, -0.2) is 27.5 Å². The van der Waals surface area contributed by atoms with E-state index in [0.717, 1.165) is 5.39 Å². The van der Waals surface area contributed by atoms with Gasteiger partial charge in [-0.2, -0.15) is 0 Å². The third-order valence-electron chi connectivity index (χ3n) is 2.99. The Morgan fingerprint density at radius 3 is 2.95 bits per heavy atom. The van der Waals surface area contributed by atoms with Gasteiger partial charge < -0.3 is 15.2 Å². The molecule has 2 aromatic rings. The van der Waals surface area contributed by atoms with E-state index < -0.39 is 24.3 Å². The van der Waals surface area contributed by atoms with E-state index in [2.05, 4.69) is 10.3 Å². The van der Waals surface area contributed by atoms with E-state index in [1.54, 1.807) is 12.1 Å². The normalized spacial score (nSPS) is 17.3. The Bertz CT molecular complexity index is 768. The molecule has 0 aliphatic carbocycles. The molecule has 1 aromatic carbocycles. The number of anilines is 1. The second kappa shape index (κ2) is 4.13. The molecule has 0 saturated heterocycles. The zero-order chi connectivity index (χ0) is 13.6. The minimum absolute atomic E-state index is 0.118. The summed E-state index contributed by atoms with van der Waals surface area (Å²) in [6.45, 7) is 0. The van der Waals surface area contributed by atoms with E-state index in [0.29, 0.717) is 11.3 Å². The topological polar surface area (TPSA) is 87.0 Å². The van der Waals surface area contributed by atoms with Crippen LogP contribution in [0.25, 0.3) is 10.9 Å². The van der Waals surface area contributed by atoms with Crippen LogP contribution < -0.4 is 10.4 Å². The molecule has 0 fully saturated rings. The van der Waals surface area contributed by atoms with E-state index in [4.69, 9.17) is 12.2 Å². The van der Waals surface area contributed by atoms with Crippen LogP contribution in [0.15, 0.2) is 24.3 Å². The Hall–Kier alpha value is -2.28. The Balaban J connectivity index is 2.21. The van der Waals surface area contributed by atoms with Gasteiger partial charge >= 0.3 is 0 Å². The van der Waals surface area contributed by atoms with Crippen LogP contribution in [0.4, 0.5) is 5.82 Å². The summed E-state index contributed by atoms with van der Waals surface area (Å²) >= 11 is 5.08. The van der Waals surface area contributed by atoms with Crippen molar-refractivity contribution in [2.24, 2.45) is 0 Å². The van der Waals surface area contributed by atoms with Crippen molar-refractivity contribution in [1.29, 1.82) is 0 Å². The number of carboxylic acid groups (broad SMARTS) is 1. The second-order valence-electron chi connectivity index (χ2n) is 4.21. The number of benzene rings is 1. The lowest BCUT2D eigenvalue weighted by Gasteiger charge is -2.08. The number of aliphatic carboxylic acids is 1. The van der Waals surface area contributed by atoms with Crippen LogP contribution in [0.5, 0.6) is 0 Å². The fourth-order valence-corrected chi connectivity index (χ4v) is 2.45. The first kappa shape index (κ1) is 11.8. The molecule has 1 atom stereocenters. The van der Waals surface area contributed by atoms with Crippen LogP contribution in [0.2, 0.25) is 0 Å². The number of fused-ring (bicyclic) bond motifs is 3. The van der Waals surface area contributed by atoms with Gasteiger partial charge in [0, 0.05) is 17.8 Å². The molecule has 19 heavy (non-hydrogen) atoms. The Kier molecular flexibility index (Phi) is 2.56. The van der Waals surface area contributed by atoms with Gasteiger partial charge in [0.15, 0.2) is 0 Å².